The van der Waals surface area contributed by atoms with Gasteiger partial charge in [-0.05, 0) is 51.5 Å². The van der Waals surface area contributed by atoms with E-state index in [2.05, 4.69) is 9.82 Å². The number of nitrogens with zero attached hydrogens (tertiary/aromatic N) is 2. The van der Waals surface area contributed by atoms with Gasteiger partial charge >= 0.3 is 12.4 Å². The normalized spacial score (nSPS) is 15.5. The van der Waals surface area contributed by atoms with E-state index in [1.54, 1.807) is 0 Å². The molecule has 0 aliphatic rings. The van der Waals surface area contributed by atoms with Crippen molar-refractivity contribution in [2.45, 2.75) is 50.8 Å². The molecule has 2 rings (SSSR count). The number of rotatable bonds is 4. The average Bonchev–Trinajstić information content (AvgIpc) is 2.92. The van der Waals surface area contributed by atoms with Crippen LogP contribution in [0.3, 0.4) is 0 Å². The van der Waals surface area contributed by atoms with Gasteiger partial charge in [0.05, 0.1) is 21.4 Å². The SMILES string of the molecule is Cc1cc(C(F)(F)F)nn1-c1ccc([C@@H](N[S@@](=O)C(C)(C)C)C(F)(F)F)cc1. The molecule has 156 valence electrons. The molecule has 0 unspecified atom stereocenters. The van der Waals surface area contributed by atoms with Crippen LogP contribution in [0.25, 0.3) is 5.69 Å². The Kier molecular flexibility index (Phi) is 6.01. The van der Waals surface area contributed by atoms with Crippen LogP contribution in [0.15, 0.2) is 30.3 Å². The number of nitrogens with one attached hydrogen (secondary N) is 1. The maximum atomic E-state index is 13.4. The second-order valence-corrected chi connectivity index (χ2v) is 9.14. The fraction of sp³-hybridized carbons (Fsp3) is 0.471. The Morgan fingerprint density at radius 3 is 1.96 bits per heavy atom. The molecule has 1 aromatic heterocycles. The molecule has 1 aromatic carbocycles. The van der Waals surface area contributed by atoms with Crippen molar-refractivity contribution < 1.29 is 30.6 Å². The van der Waals surface area contributed by atoms with Gasteiger partial charge in [-0.3, -0.25) is 0 Å². The maximum absolute atomic E-state index is 13.4. The minimum Gasteiger partial charge on any atom is -0.242 e. The van der Waals surface area contributed by atoms with Crippen molar-refractivity contribution >= 4 is 11.0 Å². The number of alkyl halides is 6. The summed E-state index contributed by atoms with van der Waals surface area (Å²) in [4.78, 5) is 0. The van der Waals surface area contributed by atoms with E-state index in [4.69, 9.17) is 0 Å². The summed E-state index contributed by atoms with van der Waals surface area (Å²) in [6.07, 6.45) is -9.34. The molecular weight excluding hydrogens is 408 g/mol. The van der Waals surface area contributed by atoms with Crippen molar-refractivity contribution in [1.82, 2.24) is 14.5 Å². The van der Waals surface area contributed by atoms with Gasteiger partial charge in [0.15, 0.2) is 5.69 Å². The van der Waals surface area contributed by atoms with Crippen molar-refractivity contribution in [3.63, 3.8) is 0 Å². The molecule has 0 bridgehead atoms. The van der Waals surface area contributed by atoms with Crippen LogP contribution in [0.4, 0.5) is 26.3 Å². The largest absolute Gasteiger partial charge is 0.435 e. The molecule has 1 heterocycles. The number of hydrogen-bond acceptors (Lipinski definition) is 2. The summed E-state index contributed by atoms with van der Waals surface area (Å²) in [7, 11) is -1.98. The molecule has 0 amide bonds. The summed E-state index contributed by atoms with van der Waals surface area (Å²) in [5.74, 6) is 0. The first-order chi connectivity index (χ1) is 12.6. The van der Waals surface area contributed by atoms with Gasteiger partial charge in [0, 0.05) is 5.69 Å². The highest BCUT2D eigenvalue weighted by Gasteiger charge is 2.43. The third-order valence-corrected chi connectivity index (χ3v) is 5.32. The minimum atomic E-state index is -4.71. The molecule has 11 heteroatoms. The summed E-state index contributed by atoms with van der Waals surface area (Å²) in [6, 6.07) is 3.36. The van der Waals surface area contributed by atoms with Crippen molar-refractivity contribution in [1.29, 1.82) is 0 Å². The van der Waals surface area contributed by atoms with Gasteiger partial charge in [-0.25, -0.2) is 13.6 Å². The van der Waals surface area contributed by atoms with E-state index in [1.165, 1.54) is 39.8 Å². The number of aryl methyl sites for hydroxylation is 1. The lowest BCUT2D eigenvalue weighted by molar-refractivity contribution is -0.152. The zero-order valence-corrected chi connectivity index (χ0v) is 16.3. The average molecular weight is 427 g/mol. The highest BCUT2D eigenvalue weighted by molar-refractivity contribution is 7.84. The minimum absolute atomic E-state index is 0.176. The summed E-state index contributed by atoms with van der Waals surface area (Å²) in [5.41, 5.74) is -0.951. The molecule has 0 aliphatic carbocycles. The van der Waals surface area contributed by atoms with Crippen LogP contribution < -0.4 is 4.72 Å². The van der Waals surface area contributed by atoms with Gasteiger partial charge in [0.2, 0.25) is 0 Å². The lowest BCUT2D eigenvalue weighted by Crippen LogP contribution is -2.41. The molecule has 0 saturated heterocycles. The third-order valence-electron chi connectivity index (χ3n) is 3.76. The smallest absolute Gasteiger partial charge is 0.242 e. The van der Waals surface area contributed by atoms with E-state index in [0.717, 1.165) is 22.9 Å². The summed E-state index contributed by atoms with van der Waals surface area (Å²) in [5, 5.41) is 3.46. The van der Waals surface area contributed by atoms with E-state index in [-0.39, 0.29) is 16.9 Å². The number of halogens is 6. The first-order valence-corrected chi connectivity index (χ1v) is 9.24. The maximum Gasteiger partial charge on any atom is 0.435 e. The zero-order chi connectivity index (χ0) is 21.5. The van der Waals surface area contributed by atoms with Gasteiger partial charge in [-0.2, -0.15) is 31.4 Å². The van der Waals surface area contributed by atoms with Crippen molar-refractivity contribution in [3.05, 3.63) is 47.3 Å². The molecule has 1 N–H and O–H groups in total. The third kappa shape index (κ3) is 5.13. The predicted octanol–water partition coefficient (Wildman–Crippen LogP) is 4.85. The standard InChI is InChI=1S/C17H19F6N3OS/c1-10-9-13(16(18,19)20)24-26(10)12-7-5-11(6-8-12)14(17(21,22)23)25-28(27)15(2,3)4/h5-9,14,25H,1-4H3/t14-,28+/m1/s1. The quantitative estimate of drug-likeness (QED) is 0.709. The van der Waals surface area contributed by atoms with Gasteiger partial charge in [-0.1, -0.05) is 12.1 Å². The lowest BCUT2D eigenvalue weighted by Gasteiger charge is -2.26. The summed E-state index contributed by atoms with van der Waals surface area (Å²) in [6.45, 7) is 6.00. The molecule has 28 heavy (non-hydrogen) atoms. The fourth-order valence-electron chi connectivity index (χ4n) is 2.29. The highest BCUT2D eigenvalue weighted by Crippen LogP contribution is 2.34. The Morgan fingerprint density at radius 2 is 1.57 bits per heavy atom. The molecule has 2 aromatic rings. The van der Waals surface area contributed by atoms with Crippen LogP contribution in [0.1, 0.15) is 43.8 Å². The van der Waals surface area contributed by atoms with Gasteiger partial charge in [0.1, 0.15) is 6.04 Å². The summed E-state index contributed by atoms with van der Waals surface area (Å²) < 4.78 is 92.9. The Bertz CT molecular complexity index is 850. The lowest BCUT2D eigenvalue weighted by atomic mass is 10.1. The number of hydrogen-bond donors (Lipinski definition) is 1. The number of benzene rings is 1. The second-order valence-electron chi connectivity index (χ2n) is 7.15. The molecule has 2 atom stereocenters. The molecular formula is C17H19F6N3OS. The van der Waals surface area contributed by atoms with Crippen LogP contribution in [0.2, 0.25) is 0 Å². The van der Waals surface area contributed by atoms with Gasteiger partial charge < -0.3 is 0 Å². The summed E-state index contributed by atoms with van der Waals surface area (Å²) >= 11 is 0. The van der Waals surface area contributed by atoms with Crippen molar-refractivity contribution in [3.8, 4) is 5.69 Å². The molecule has 0 fully saturated rings. The monoisotopic (exact) mass is 427 g/mol. The van der Waals surface area contributed by atoms with Crippen LogP contribution in [0.5, 0.6) is 0 Å². The van der Waals surface area contributed by atoms with Gasteiger partial charge in [-0.15, -0.1) is 0 Å². The molecule has 0 aliphatic heterocycles. The van der Waals surface area contributed by atoms with Crippen LogP contribution in [-0.2, 0) is 17.2 Å². The second kappa shape index (κ2) is 7.51. The molecule has 0 spiro atoms. The van der Waals surface area contributed by atoms with E-state index in [0.29, 0.717) is 0 Å². The van der Waals surface area contributed by atoms with Crippen molar-refractivity contribution in [2.24, 2.45) is 0 Å². The first-order valence-electron chi connectivity index (χ1n) is 8.09. The van der Waals surface area contributed by atoms with Crippen molar-refractivity contribution in [2.75, 3.05) is 0 Å². The van der Waals surface area contributed by atoms with E-state index in [1.807, 2.05) is 0 Å². The van der Waals surface area contributed by atoms with E-state index < -0.39 is 39.8 Å². The highest BCUT2D eigenvalue weighted by atomic mass is 32.2. The zero-order valence-electron chi connectivity index (χ0n) is 15.4. The van der Waals surface area contributed by atoms with Crippen LogP contribution >= 0.6 is 0 Å². The topological polar surface area (TPSA) is 46.9 Å². The van der Waals surface area contributed by atoms with Gasteiger partial charge in [0.25, 0.3) is 0 Å². The first kappa shape index (κ1) is 22.4. The molecule has 4 nitrogen and oxygen atoms in total. The Morgan fingerprint density at radius 1 is 1.04 bits per heavy atom. The Balaban J connectivity index is 2.36. The Hall–Kier alpha value is -1.88. The fourth-order valence-corrected chi connectivity index (χ4v) is 3.13. The van der Waals surface area contributed by atoms with E-state index in [9.17, 15) is 30.6 Å². The van der Waals surface area contributed by atoms with E-state index >= 15 is 0 Å². The molecule has 0 radical (unpaired) electrons. The van der Waals surface area contributed by atoms with Crippen LogP contribution in [-0.4, -0.2) is 24.9 Å². The molecule has 0 saturated carbocycles. The predicted molar refractivity (Wildman–Crippen MR) is 93.1 cm³/mol. The van der Waals surface area contributed by atoms with Crippen LogP contribution in [0, 0.1) is 6.92 Å². The number of aromatic nitrogens is 2. The Labute approximate surface area is 160 Å².